The van der Waals surface area contributed by atoms with Crippen molar-refractivity contribution in [2.24, 2.45) is 0 Å². The zero-order valence-electron chi connectivity index (χ0n) is 16.9. The van der Waals surface area contributed by atoms with Crippen LogP contribution in [0.2, 0.25) is 0 Å². The summed E-state index contributed by atoms with van der Waals surface area (Å²) in [5.74, 6) is -0.281. The summed E-state index contributed by atoms with van der Waals surface area (Å²) in [5.41, 5.74) is -1.27. The molecule has 0 bridgehead atoms. The number of piperidine rings is 1. The van der Waals surface area contributed by atoms with E-state index >= 15 is 0 Å². The zero-order chi connectivity index (χ0) is 19.4. The molecular formula is C19H34N2O5. The monoisotopic (exact) mass is 370 g/mol. The van der Waals surface area contributed by atoms with Crippen LogP contribution in [0.5, 0.6) is 0 Å². The smallest absolute Gasteiger partial charge is 0.410 e. The number of carbonyl (C=O) groups is 2. The second-order valence-corrected chi connectivity index (χ2v) is 8.28. The lowest BCUT2D eigenvalue weighted by Crippen LogP contribution is -2.53. The number of amides is 1. The van der Waals surface area contributed by atoms with Gasteiger partial charge >= 0.3 is 12.1 Å². The molecule has 2 saturated heterocycles. The van der Waals surface area contributed by atoms with Crippen LogP contribution < -0.4 is 0 Å². The maximum Gasteiger partial charge on any atom is 0.410 e. The number of hydrogen-bond acceptors (Lipinski definition) is 6. The standard InChI is InChI=1S/C19H34N2O5/c1-18(2,3)26-17(23)21-11-6-7-15(8-12-21)20-13-9-19(25-5,10-14-20)16(22)24-4/h15H,6-14H2,1-5H3. The first-order chi connectivity index (χ1) is 12.2. The molecule has 0 spiro atoms. The molecule has 2 heterocycles. The van der Waals surface area contributed by atoms with Gasteiger partial charge in [0, 0.05) is 39.3 Å². The first-order valence-electron chi connectivity index (χ1n) is 9.56. The average Bonchev–Trinajstić information content (AvgIpc) is 2.86. The molecule has 26 heavy (non-hydrogen) atoms. The molecule has 7 nitrogen and oxygen atoms in total. The molecule has 0 aromatic rings. The first kappa shape index (κ1) is 21.0. The molecule has 1 atom stereocenters. The molecular weight excluding hydrogens is 336 g/mol. The van der Waals surface area contributed by atoms with Crippen LogP contribution in [0.25, 0.3) is 0 Å². The predicted octanol–water partition coefficient (Wildman–Crippen LogP) is 2.43. The van der Waals surface area contributed by atoms with Crippen LogP contribution >= 0.6 is 0 Å². The van der Waals surface area contributed by atoms with E-state index in [-0.39, 0.29) is 12.1 Å². The van der Waals surface area contributed by atoms with Crippen molar-refractivity contribution in [3.8, 4) is 0 Å². The normalized spacial score (nSPS) is 24.7. The third-order valence-electron chi connectivity index (χ3n) is 5.42. The van der Waals surface area contributed by atoms with Crippen molar-refractivity contribution in [1.29, 1.82) is 0 Å². The van der Waals surface area contributed by atoms with Crippen LogP contribution in [0.15, 0.2) is 0 Å². The summed E-state index contributed by atoms with van der Waals surface area (Å²) in [6, 6.07) is 0.426. The summed E-state index contributed by atoms with van der Waals surface area (Å²) < 4.78 is 15.9. The fraction of sp³-hybridized carbons (Fsp3) is 0.895. The van der Waals surface area contributed by atoms with Gasteiger partial charge in [-0.15, -0.1) is 0 Å². The summed E-state index contributed by atoms with van der Waals surface area (Å²) in [6.07, 6.45) is 4.01. The van der Waals surface area contributed by atoms with Crippen LogP contribution in [-0.2, 0) is 19.0 Å². The second kappa shape index (κ2) is 8.57. The Hall–Kier alpha value is -1.34. The van der Waals surface area contributed by atoms with Gasteiger partial charge in [-0.2, -0.15) is 0 Å². The fourth-order valence-electron chi connectivity index (χ4n) is 3.88. The highest BCUT2D eigenvalue weighted by Crippen LogP contribution is 2.30. The minimum atomic E-state index is -0.807. The number of likely N-dealkylation sites (tertiary alicyclic amines) is 2. The van der Waals surface area contributed by atoms with E-state index in [1.54, 1.807) is 7.11 Å². The molecule has 0 radical (unpaired) electrons. The van der Waals surface area contributed by atoms with Crippen LogP contribution in [0.4, 0.5) is 4.79 Å². The number of methoxy groups -OCH3 is 2. The maximum atomic E-state index is 12.3. The topological polar surface area (TPSA) is 68.3 Å². The summed E-state index contributed by atoms with van der Waals surface area (Å²) in [7, 11) is 2.99. The van der Waals surface area contributed by atoms with E-state index in [1.165, 1.54) is 7.11 Å². The van der Waals surface area contributed by atoms with Crippen LogP contribution in [0.1, 0.15) is 52.9 Å². The minimum absolute atomic E-state index is 0.221. The number of hydrogen-bond donors (Lipinski definition) is 0. The van der Waals surface area contributed by atoms with Crippen LogP contribution in [0.3, 0.4) is 0 Å². The Kier molecular flexibility index (Phi) is 6.91. The number of ether oxygens (including phenoxy) is 3. The van der Waals surface area contributed by atoms with Crippen LogP contribution in [0, 0.1) is 0 Å². The van der Waals surface area contributed by atoms with E-state index in [0.29, 0.717) is 25.4 Å². The zero-order valence-corrected chi connectivity index (χ0v) is 16.9. The lowest BCUT2D eigenvalue weighted by atomic mass is 9.89. The molecule has 0 aliphatic carbocycles. The van der Waals surface area contributed by atoms with Gasteiger partial charge in [0.1, 0.15) is 5.60 Å². The Morgan fingerprint density at radius 3 is 2.19 bits per heavy atom. The van der Waals surface area contributed by atoms with Crippen LogP contribution in [-0.4, -0.2) is 79.5 Å². The van der Waals surface area contributed by atoms with E-state index in [9.17, 15) is 9.59 Å². The minimum Gasteiger partial charge on any atom is -0.467 e. The Bertz CT molecular complexity index is 495. The Labute approximate surface area is 156 Å². The number of nitrogens with zero attached hydrogens (tertiary/aromatic N) is 2. The molecule has 0 saturated carbocycles. The van der Waals surface area contributed by atoms with Crippen molar-refractivity contribution < 1.29 is 23.8 Å². The van der Waals surface area contributed by atoms with Crippen molar-refractivity contribution >= 4 is 12.1 Å². The third kappa shape index (κ3) is 5.10. The van der Waals surface area contributed by atoms with Gasteiger partial charge in [0.15, 0.2) is 5.60 Å². The van der Waals surface area contributed by atoms with Gasteiger partial charge in [-0.1, -0.05) is 0 Å². The summed E-state index contributed by atoms with van der Waals surface area (Å²) in [4.78, 5) is 28.6. The summed E-state index contributed by atoms with van der Waals surface area (Å²) >= 11 is 0. The van der Waals surface area contributed by atoms with E-state index in [0.717, 1.165) is 38.9 Å². The summed E-state index contributed by atoms with van der Waals surface area (Å²) in [5, 5.41) is 0. The Balaban J connectivity index is 1.88. The van der Waals surface area contributed by atoms with Crippen molar-refractivity contribution in [2.75, 3.05) is 40.4 Å². The molecule has 0 aromatic heterocycles. The van der Waals surface area contributed by atoms with E-state index < -0.39 is 11.2 Å². The number of esters is 1. The van der Waals surface area contributed by atoms with E-state index in [2.05, 4.69) is 4.90 Å². The molecule has 1 unspecified atom stereocenters. The molecule has 7 heteroatoms. The largest absolute Gasteiger partial charge is 0.467 e. The highest BCUT2D eigenvalue weighted by atomic mass is 16.6. The van der Waals surface area contributed by atoms with E-state index in [4.69, 9.17) is 14.2 Å². The second-order valence-electron chi connectivity index (χ2n) is 8.28. The highest BCUT2D eigenvalue weighted by Gasteiger charge is 2.44. The molecule has 2 aliphatic rings. The van der Waals surface area contributed by atoms with E-state index in [1.807, 2.05) is 25.7 Å². The molecule has 2 aliphatic heterocycles. The molecule has 150 valence electrons. The Morgan fingerprint density at radius 2 is 1.65 bits per heavy atom. The molecule has 1 amide bonds. The lowest BCUT2D eigenvalue weighted by Gasteiger charge is -2.41. The number of rotatable bonds is 3. The van der Waals surface area contributed by atoms with Crippen molar-refractivity contribution in [1.82, 2.24) is 9.80 Å². The van der Waals surface area contributed by atoms with Gasteiger partial charge in [0.05, 0.1) is 7.11 Å². The molecule has 0 aromatic carbocycles. The fourth-order valence-corrected chi connectivity index (χ4v) is 3.88. The lowest BCUT2D eigenvalue weighted by molar-refractivity contribution is -0.172. The van der Waals surface area contributed by atoms with Gasteiger partial charge in [-0.05, 0) is 52.9 Å². The van der Waals surface area contributed by atoms with Crippen molar-refractivity contribution in [3.63, 3.8) is 0 Å². The molecule has 2 fully saturated rings. The van der Waals surface area contributed by atoms with Gasteiger partial charge in [0.2, 0.25) is 0 Å². The predicted molar refractivity (Wildman–Crippen MR) is 98.0 cm³/mol. The first-order valence-corrected chi connectivity index (χ1v) is 9.56. The third-order valence-corrected chi connectivity index (χ3v) is 5.42. The molecule has 2 rings (SSSR count). The van der Waals surface area contributed by atoms with Crippen molar-refractivity contribution in [3.05, 3.63) is 0 Å². The van der Waals surface area contributed by atoms with Gasteiger partial charge < -0.3 is 24.0 Å². The van der Waals surface area contributed by atoms with Gasteiger partial charge in [-0.3, -0.25) is 0 Å². The summed E-state index contributed by atoms with van der Waals surface area (Å²) in [6.45, 7) is 8.74. The van der Waals surface area contributed by atoms with Crippen molar-refractivity contribution in [2.45, 2.75) is 70.1 Å². The van der Waals surface area contributed by atoms with Gasteiger partial charge in [0.25, 0.3) is 0 Å². The highest BCUT2D eigenvalue weighted by molar-refractivity contribution is 5.79. The van der Waals surface area contributed by atoms with Gasteiger partial charge in [-0.25, -0.2) is 9.59 Å². The molecule has 0 N–H and O–H groups in total. The maximum absolute atomic E-state index is 12.3. The Morgan fingerprint density at radius 1 is 1.00 bits per heavy atom. The number of carbonyl (C=O) groups excluding carboxylic acids is 2. The average molecular weight is 370 g/mol. The quantitative estimate of drug-likeness (QED) is 0.711. The SMILES string of the molecule is COC(=O)C1(OC)CCN(C2CCCN(C(=O)OC(C)(C)C)CC2)CC1.